The third-order valence-corrected chi connectivity index (χ3v) is 3.46. The first-order valence-corrected chi connectivity index (χ1v) is 7.09. The Labute approximate surface area is 123 Å². The molecular weight excluding hydrogens is 266 g/mol. The molecule has 3 aromatic heterocycles. The highest BCUT2D eigenvalue weighted by Crippen LogP contribution is 2.19. The number of aromatic nitrogens is 6. The molecule has 3 heterocycles. The van der Waals surface area contributed by atoms with Gasteiger partial charge in [0, 0.05) is 32.9 Å². The molecule has 0 radical (unpaired) electrons. The number of nitrogens with one attached hydrogen (secondary N) is 1. The van der Waals surface area contributed by atoms with Crippen LogP contribution < -0.4 is 5.32 Å². The minimum Gasteiger partial charge on any atom is -0.372 e. The number of aryl methyl sites for hydroxylation is 2. The van der Waals surface area contributed by atoms with Gasteiger partial charge in [0.1, 0.15) is 11.6 Å². The monoisotopic (exact) mass is 285 g/mol. The largest absolute Gasteiger partial charge is 0.372 e. The molecule has 0 amide bonds. The summed E-state index contributed by atoms with van der Waals surface area (Å²) in [7, 11) is 3.75. The number of hydrogen-bond donors (Lipinski definition) is 1. The summed E-state index contributed by atoms with van der Waals surface area (Å²) in [6.45, 7) is 2.77. The highest BCUT2D eigenvalue weighted by Gasteiger charge is 2.12. The smallest absolute Gasteiger partial charge is 0.163 e. The Bertz CT molecular complexity index is 756. The van der Waals surface area contributed by atoms with Gasteiger partial charge < -0.3 is 9.88 Å². The van der Waals surface area contributed by atoms with E-state index in [1.807, 2.05) is 26.5 Å². The van der Waals surface area contributed by atoms with Crippen LogP contribution in [0, 0.1) is 0 Å². The van der Waals surface area contributed by atoms with Crippen LogP contribution in [-0.4, -0.2) is 36.3 Å². The van der Waals surface area contributed by atoms with Gasteiger partial charge in [-0.1, -0.05) is 6.92 Å². The van der Waals surface area contributed by atoms with E-state index in [0.29, 0.717) is 6.54 Å². The summed E-state index contributed by atoms with van der Waals surface area (Å²) in [5, 5.41) is 8.29. The minimum atomic E-state index is 0.616. The highest BCUT2D eigenvalue weighted by atomic mass is 15.3. The molecule has 0 unspecified atom stereocenters. The second-order valence-corrected chi connectivity index (χ2v) is 4.97. The van der Waals surface area contributed by atoms with Crippen molar-refractivity contribution in [3.8, 4) is 0 Å². The molecule has 0 aliphatic carbocycles. The van der Waals surface area contributed by atoms with Crippen molar-refractivity contribution in [2.24, 2.45) is 7.05 Å². The average molecular weight is 285 g/mol. The number of fused-ring (bicyclic) bond motifs is 1. The fourth-order valence-electron chi connectivity index (χ4n) is 2.42. The average Bonchev–Trinajstić information content (AvgIpc) is 3.07. The van der Waals surface area contributed by atoms with Crippen LogP contribution in [0.25, 0.3) is 11.0 Å². The van der Waals surface area contributed by atoms with Crippen molar-refractivity contribution in [3.63, 3.8) is 0 Å². The van der Waals surface area contributed by atoms with Gasteiger partial charge in [0.15, 0.2) is 11.5 Å². The molecule has 0 aliphatic heterocycles. The van der Waals surface area contributed by atoms with Crippen molar-refractivity contribution in [2.75, 3.05) is 12.4 Å². The molecule has 0 bridgehead atoms. The molecule has 0 atom stereocenters. The summed E-state index contributed by atoms with van der Waals surface area (Å²) in [6, 6.07) is 0. The van der Waals surface area contributed by atoms with Crippen molar-refractivity contribution in [3.05, 3.63) is 30.2 Å². The van der Waals surface area contributed by atoms with Gasteiger partial charge in [-0.3, -0.25) is 4.68 Å². The lowest BCUT2D eigenvalue weighted by Crippen LogP contribution is -2.09. The maximum absolute atomic E-state index is 4.62. The maximum atomic E-state index is 4.62. The predicted molar refractivity (Wildman–Crippen MR) is 81.2 cm³/mol. The van der Waals surface area contributed by atoms with Gasteiger partial charge in [-0.05, 0) is 6.42 Å². The molecule has 0 saturated carbocycles. The van der Waals surface area contributed by atoms with Gasteiger partial charge in [0.2, 0.25) is 0 Å². The Balaban J connectivity index is 2.00. The van der Waals surface area contributed by atoms with Crippen LogP contribution in [0.2, 0.25) is 0 Å². The predicted octanol–water partition coefficient (Wildman–Crippen LogP) is 1.60. The van der Waals surface area contributed by atoms with Gasteiger partial charge in [0.05, 0.1) is 18.1 Å². The molecule has 0 saturated heterocycles. The van der Waals surface area contributed by atoms with Crippen molar-refractivity contribution in [2.45, 2.75) is 26.3 Å². The van der Waals surface area contributed by atoms with Crippen LogP contribution in [-0.2, 0) is 20.0 Å². The van der Waals surface area contributed by atoms with E-state index in [1.54, 1.807) is 10.9 Å². The summed E-state index contributed by atoms with van der Waals surface area (Å²) in [6.07, 6.45) is 7.61. The first-order chi connectivity index (χ1) is 10.2. The van der Waals surface area contributed by atoms with Crippen LogP contribution in [0.4, 0.5) is 5.82 Å². The molecule has 0 fully saturated rings. The second-order valence-electron chi connectivity index (χ2n) is 4.97. The van der Waals surface area contributed by atoms with Gasteiger partial charge in [-0.15, -0.1) is 0 Å². The van der Waals surface area contributed by atoms with Crippen molar-refractivity contribution in [1.29, 1.82) is 0 Å². The third kappa shape index (κ3) is 2.46. The quantitative estimate of drug-likeness (QED) is 0.771. The first kappa shape index (κ1) is 13.5. The second kappa shape index (κ2) is 5.51. The zero-order valence-electron chi connectivity index (χ0n) is 12.5. The highest BCUT2D eigenvalue weighted by molar-refractivity contribution is 5.86. The summed E-state index contributed by atoms with van der Waals surface area (Å²) in [5.74, 6) is 2.63. The summed E-state index contributed by atoms with van der Waals surface area (Å²) in [5.41, 5.74) is 0.835. The van der Waals surface area contributed by atoms with E-state index in [1.165, 1.54) is 0 Å². The minimum absolute atomic E-state index is 0.616. The fourth-order valence-corrected chi connectivity index (χ4v) is 2.42. The van der Waals surface area contributed by atoms with E-state index < -0.39 is 0 Å². The molecule has 1 N–H and O–H groups in total. The SMILES string of the molecule is CCCc1nccn1Cc1nc(NC)c2cnn(C)c2n1. The van der Waals surface area contributed by atoms with Crippen LogP contribution >= 0.6 is 0 Å². The van der Waals surface area contributed by atoms with Gasteiger partial charge in [0.25, 0.3) is 0 Å². The van der Waals surface area contributed by atoms with Crippen molar-refractivity contribution in [1.82, 2.24) is 29.3 Å². The molecule has 0 aromatic carbocycles. The molecule has 21 heavy (non-hydrogen) atoms. The maximum Gasteiger partial charge on any atom is 0.163 e. The summed E-state index contributed by atoms with van der Waals surface area (Å²) < 4.78 is 3.86. The molecule has 3 rings (SSSR count). The number of rotatable bonds is 5. The Morgan fingerprint density at radius 2 is 2.14 bits per heavy atom. The van der Waals surface area contributed by atoms with E-state index in [0.717, 1.165) is 41.3 Å². The molecule has 0 aliphatic rings. The van der Waals surface area contributed by atoms with Gasteiger partial charge in [-0.25, -0.2) is 15.0 Å². The Morgan fingerprint density at radius 1 is 1.29 bits per heavy atom. The van der Waals surface area contributed by atoms with E-state index >= 15 is 0 Å². The van der Waals surface area contributed by atoms with E-state index in [9.17, 15) is 0 Å². The van der Waals surface area contributed by atoms with Gasteiger partial charge >= 0.3 is 0 Å². The third-order valence-electron chi connectivity index (χ3n) is 3.46. The van der Waals surface area contributed by atoms with Crippen molar-refractivity contribution >= 4 is 16.9 Å². The molecule has 0 spiro atoms. The molecule has 110 valence electrons. The zero-order chi connectivity index (χ0) is 14.8. The first-order valence-electron chi connectivity index (χ1n) is 7.09. The molecular formula is C14H19N7. The standard InChI is InChI=1S/C14H19N7/c1-4-5-12-16-6-7-21(12)9-11-18-13(15-2)10-8-17-20(3)14(10)19-11/h6-8H,4-5,9H2,1-3H3,(H,15,18,19). The van der Waals surface area contributed by atoms with Crippen molar-refractivity contribution < 1.29 is 0 Å². The van der Waals surface area contributed by atoms with Crippen LogP contribution in [0.1, 0.15) is 25.0 Å². The lowest BCUT2D eigenvalue weighted by Gasteiger charge is -2.08. The molecule has 7 heteroatoms. The van der Waals surface area contributed by atoms with E-state index in [2.05, 4.69) is 36.9 Å². The lowest BCUT2D eigenvalue weighted by atomic mass is 10.3. The molecule has 7 nitrogen and oxygen atoms in total. The van der Waals surface area contributed by atoms with Crippen LogP contribution in [0.15, 0.2) is 18.6 Å². The van der Waals surface area contributed by atoms with E-state index in [4.69, 9.17) is 0 Å². The fraction of sp³-hybridized carbons (Fsp3) is 0.429. The Morgan fingerprint density at radius 3 is 2.90 bits per heavy atom. The topological polar surface area (TPSA) is 73.5 Å². The van der Waals surface area contributed by atoms with Crippen LogP contribution in [0.3, 0.4) is 0 Å². The number of nitrogens with zero attached hydrogens (tertiary/aromatic N) is 6. The van der Waals surface area contributed by atoms with E-state index in [-0.39, 0.29) is 0 Å². The Kier molecular flexibility index (Phi) is 3.55. The Hall–Kier alpha value is -2.44. The van der Waals surface area contributed by atoms with Crippen LogP contribution in [0.5, 0.6) is 0 Å². The lowest BCUT2D eigenvalue weighted by molar-refractivity contribution is 0.677. The number of anilines is 1. The number of imidazole rings is 1. The summed E-state index contributed by atoms with van der Waals surface area (Å²) >= 11 is 0. The molecule has 3 aromatic rings. The summed E-state index contributed by atoms with van der Waals surface area (Å²) in [4.78, 5) is 13.6. The zero-order valence-corrected chi connectivity index (χ0v) is 12.5. The normalized spacial score (nSPS) is 11.2. The number of hydrogen-bond acceptors (Lipinski definition) is 5. The van der Waals surface area contributed by atoms with Gasteiger partial charge in [-0.2, -0.15) is 5.10 Å².